The number of nitriles is 3. The Morgan fingerprint density at radius 2 is 0.826 bits per heavy atom. The highest BCUT2D eigenvalue weighted by molar-refractivity contribution is 6.32. The summed E-state index contributed by atoms with van der Waals surface area (Å²) in [7, 11) is 0. The van der Waals surface area contributed by atoms with E-state index in [-0.39, 0.29) is 93.0 Å². The number of alkyl halides is 8. The number of benzene rings is 3. The number of aromatic nitrogens is 11. The van der Waals surface area contributed by atoms with Crippen molar-refractivity contribution >= 4 is 120 Å². The number of nitrogen functional groups attached to an aromatic ring is 1. The molecule has 4 aliphatic rings. The fourth-order valence-electron chi connectivity index (χ4n) is 11.8. The number of pyridine rings is 3. The first kappa shape index (κ1) is 82.1. The Balaban J connectivity index is 0.000000160. The molecule has 0 saturated heterocycles. The van der Waals surface area contributed by atoms with Crippen LogP contribution in [0.4, 0.5) is 81.3 Å². The summed E-state index contributed by atoms with van der Waals surface area (Å²) in [5.41, 5.74) is 43.5. The molecule has 1 amide bonds. The van der Waals surface area contributed by atoms with E-state index in [1.165, 1.54) is 24.8 Å². The molecular formula is C71H73Cl3F8N26O. The van der Waals surface area contributed by atoms with Crippen LogP contribution in [-0.2, 0) is 0 Å². The number of anilines is 8. The number of rotatable bonds is 11. The molecule has 10 aromatic rings. The van der Waals surface area contributed by atoms with Crippen molar-refractivity contribution in [2.45, 2.75) is 149 Å². The Kier molecular flexibility index (Phi) is 27.7. The SMILES string of the molecule is N#Cc1ncc(Cl)nc1Cl.N#Cc1ncc(N[C@@H]2CCCC(F)(F)[C@@H]2N)nc1Cl.N#Cc1ncc(N[C@@H]2CCCC(F)(F)[C@@H]2N)nc1Nc1ccc2ncccc2c1.NC(=O)c1ncc(N[C@@H]2CCCC(F)(F)[C@@H]2N)nc1Nc1ccc2ncccc2c1.N[C@@H]1CCCC(F)(F)[C@@H]1N.Nc1ccc2ncccc2c1. The molecule has 14 rings (SSSR count). The third-order valence-corrected chi connectivity index (χ3v) is 18.4. The van der Waals surface area contributed by atoms with Gasteiger partial charge in [-0.1, -0.05) is 53.0 Å². The number of nitrogens with zero attached hydrogens (tertiary/aromatic N) is 14. The van der Waals surface area contributed by atoms with Gasteiger partial charge in [0.05, 0.1) is 65.5 Å². The molecule has 0 aliphatic heterocycles. The zero-order valence-electron chi connectivity index (χ0n) is 57.7. The van der Waals surface area contributed by atoms with Crippen molar-refractivity contribution in [2.75, 3.05) is 32.3 Å². The van der Waals surface area contributed by atoms with Crippen LogP contribution in [0.1, 0.15) is 105 Å². The molecule has 109 heavy (non-hydrogen) atoms. The van der Waals surface area contributed by atoms with Crippen LogP contribution < -0.4 is 66.7 Å². The van der Waals surface area contributed by atoms with Gasteiger partial charge in [-0.15, -0.1) is 0 Å². The van der Waals surface area contributed by atoms with E-state index in [0.29, 0.717) is 62.7 Å². The van der Waals surface area contributed by atoms with Gasteiger partial charge in [-0.2, -0.15) is 15.8 Å². The van der Waals surface area contributed by atoms with Crippen LogP contribution in [0.3, 0.4) is 0 Å². The number of primary amides is 1. The molecule has 0 bridgehead atoms. The molecule has 8 atom stereocenters. The van der Waals surface area contributed by atoms with E-state index in [2.05, 4.69) is 81.4 Å². The van der Waals surface area contributed by atoms with Crippen molar-refractivity contribution in [3.63, 3.8) is 0 Å². The van der Waals surface area contributed by atoms with Crippen LogP contribution in [-0.4, -0.2) is 133 Å². The molecule has 38 heteroatoms. The molecule has 0 unspecified atom stereocenters. The fourth-order valence-corrected chi connectivity index (χ4v) is 12.4. The van der Waals surface area contributed by atoms with Crippen LogP contribution in [0.5, 0.6) is 0 Å². The van der Waals surface area contributed by atoms with Gasteiger partial charge in [0.1, 0.15) is 40.8 Å². The molecule has 3 aromatic carbocycles. The highest BCUT2D eigenvalue weighted by atomic mass is 35.5. The van der Waals surface area contributed by atoms with E-state index >= 15 is 0 Å². The number of carbonyl (C=O) groups excluding carboxylic acids is 1. The van der Waals surface area contributed by atoms with E-state index in [1.807, 2.05) is 91.0 Å². The topological polar surface area (TPSA) is 473 Å². The predicted octanol–water partition coefficient (Wildman–Crippen LogP) is 12.2. The van der Waals surface area contributed by atoms with Gasteiger partial charge >= 0.3 is 0 Å². The third-order valence-electron chi connectivity index (χ3n) is 17.7. The number of nitrogens with two attached hydrogens (primary N) is 7. The van der Waals surface area contributed by atoms with E-state index in [9.17, 15) is 45.2 Å². The molecule has 19 N–H and O–H groups in total. The number of hydrogen-bond donors (Lipinski definition) is 12. The van der Waals surface area contributed by atoms with Gasteiger partial charge in [-0.25, -0.2) is 75.0 Å². The van der Waals surface area contributed by atoms with Gasteiger partial charge in [-0.05, 0) is 124 Å². The monoisotopic (exact) mass is 1560 g/mol. The van der Waals surface area contributed by atoms with E-state index in [0.717, 1.165) is 38.4 Å². The van der Waals surface area contributed by atoms with E-state index in [4.69, 9.17) is 85.5 Å². The minimum Gasteiger partial charge on any atom is -0.399 e. The predicted molar refractivity (Wildman–Crippen MR) is 399 cm³/mol. The van der Waals surface area contributed by atoms with Gasteiger partial charge in [-0.3, -0.25) is 19.7 Å². The highest BCUT2D eigenvalue weighted by Gasteiger charge is 2.47. The molecule has 7 aromatic heterocycles. The van der Waals surface area contributed by atoms with Crippen molar-refractivity contribution in [3.8, 4) is 18.2 Å². The molecule has 4 saturated carbocycles. The lowest BCUT2D eigenvalue weighted by Gasteiger charge is -2.36. The number of fused-ring (bicyclic) bond motifs is 3. The molecule has 0 radical (unpaired) electrons. The van der Waals surface area contributed by atoms with Gasteiger partial charge in [0.15, 0.2) is 44.7 Å². The second-order valence-corrected chi connectivity index (χ2v) is 26.6. The molecule has 0 spiro atoms. The van der Waals surface area contributed by atoms with Crippen LogP contribution in [0, 0.1) is 34.0 Å². The second kappa shape index (κ2) is 36.8. The molecule has 4 aliphatic carbocycles. The Hall–Kier alpha value is -10.9. The first-order chi connectivity index (χ1) is 51.9. The smallest absolute Gasteiger partial charge is 0.271 e. The maximum Gasteiger partial charge on any atom is 0.271 e. The highest BCUT2D eigenvalue weighted by Crippen LogP contribution is 2.38. The average Bonchev–Trinajstić information content (AvgIpc) is 0.816. The summed E-state index contributed by atoms with van der Waals surface area (Å²) < 4.78 is 108. The van der Waals surface area contributed by atoms with Crippen LogP contribution in [0.15, 0.2) is 134 Å². The van der Waals surface area contributed by atoms with E-state index in [1.54, 1.807) is 36.8 Å². The van der Waals surface area contributed by atoms with Gasteiger partial charge < -0.3 is 66.7 Å². The van der Waals surface area contributed by atoms with Crippen LogP contribution in [0.25, 0.3) is 32.7 Å². The lowest BCUT2D eigenvalue weighted by atomic mass is 9.87. The zero-order valence-corrected chi connectivity index (χ0v) is 59.9. The fraction of sp³-hybridized carbons (Fsp3) is 0.338. The summed E-state index contributed by atoms with van der Waals surface area (Å²) in [6.45, 7) is 0. The number of amides is 1. The summed E-state index contributed by atoms with van der Waals surface area (Å²) in [5, 5.41) is 44.2. The maximum atomic E-state index is 13.9. The Morgan fingerprint density at radius 1 is 0.450 bits per heavy atom. The number of nitrogens with one attached hydrogen (secondary N) is 5. The molecule has 4 fully saturated rings. The number of carbonyl (C=O) groups is 1. The largest absolute Gasteiger partial charge is 0.399 e. The van der Waals surface area contributed by atoms with Crippen molar-refractivity contribution in [3.05, 3.63) is 173 Å². The lowest BCUT2D eigenvalue weighted by molar-refractivity contribution is -0.0580. The summed E-state index contributed by atoms with van der Waals surface area (Å²) in [6, 6.07) is 26.1. The zero-order chi connectivity index (χ0) is 78.8. The molecule has 7 heterocycles. The van der Waals surface area contributed by atoms with Gasteiger partial charge in [0, 0.05) is 102 Å². The number of hydrogen-bond acceptors (Lipinski definition) is 26. The Bertz CT molecular complexity index is 4940. The molecule has 27 nitrogen and oxygen atoms in total. The van der Waals surface area contributed by atoms with Crippen molar-refractivity contribution in [2.24, 2.45) is 34.4 Å². The first-order valence-corrected chi connectivity index (χ1v) is 34.9. The quantitative estimate of drug-likeness (QED) is 0.0423. The van der Waals surface area contributed by atoms with Crippen molar-refractivity contribution in [1.29, 1.82) is 15.8 Å². The standard InChI is InChI=1S/C20H21F2N7O.C20H19F2N7.C11H12ClF2N5.C9H8N2.C6H12F2N2.C5HCl2N3/c21-20(22)7-1-4-14(17(20)23)28-15-10-26-16(18(24)30)19(29-15)27-12-5-6-13-11(9-12)3-2-8-25-13;21-20(22)7-1-4-15(18(20)24)28-17-11-26-16(10-23)19(29-17)27-13-5-6-14-12(9-13)3-2-8-25-14;12-10-7(4-15)17-5-8(19-10)18-6-2-1-3-11(13,14)9(6)16;10-8-3-4-9-7(6-8)2-1-5-11-9;7-6(8)3-1-2-4(9)5(6)10;6-4-2-9-3(1-8)5(7)10-4/h2-3,5-6,8-10,14,17H,1,4,7,23H2,(H2,24,30)(H2,27,28,29);2-3,5-6,8-9,11,15,18H,1,4,7,24H2,(H2,27,28,29);5-6,9H,1-3,16H2,(H,18,19);1-6H,10H2;4-5H,1-3,9-10H2;2H/t14-,17-;15-,18-;6-,9-;;4-,5-;/m111.1./s1. The van der Waals surface area contributed by atoms with E-state index < -0.39 is 77.9 Å². The van der Waals surface area contributed by atoms with Gasteiger partial charge in [0.25, 0.3) is 29.6 Å². The Labute approximate surface area is 633 Å². The summed E-state index contributed by atoms with van der Waals surface area (Å²) in [5.74, 6) is -11.2. The maximum absolute atomic E-state index is 13.9. The van der Waals surface area contributed by atoms with Crippen molar-refractivity contribution < 1.29 is 39.9 Å². The summed E-state index contributed by atoms with van der Waals surface area (Å²) >= 11 is 16.6. The van der Waals surface area contributed by atoms with Crippen LogP contribution in [0.2, 0.25) is 15.5 Å². The normalized spacial score (nSPS) is 21.1. The second-order valence-electron chi connectivity index (χ2n) is 25.5. The van der Waals surface area contributed by atoms with Crippen LogP contribution >= 0.6 is 34.8 Å². The third kappa shape index (κ3) is 22.1. The summed E-state index contributed by atoms with van der Waals surface area (Å²) in [6.07, 6.45) is 13.4. The summed E-state index contributed by atoms with van der Waals surface area (Å²) in [4.78, 5) is 56.2. The molecule has 570 valence electrons. The number of halogens is 11. The first-order valence-electron chi connectivity index (χ1n) is 33.7. The average molecular weight is 1560 g/mol. The van der Waals surface area contributed by atoms with Crippen molar-refractivity contribution in [1.82, 2.24) is 54.8 Å². The molecular weight excluding hydrogens is 1490 g/mol. The minimum absolute atomic E-state index is 0.00881. The Morgan fingerprint density at radius 3 is 1.25 bits per heavy atom. The lowest BCUT2D eigenvalue weighted by Crippen LogP contribution is -2.55. The van der Waals surface area contributed by atoms with Gasteiger partial charge in [0.2, 0.25) is 0 Å². The minimum atomic E-state index is -2.95.